The van der Waals surface area contributed by atoms with Crippen molar-refractivity contribution in [2.45, 2.75) is 174 Å². The topological polar surface area (TPSA) is 125 Å². The van der Waals surface area contributed by atoms with Crippen molar-refractivity contribution in [3.05, 3.63) is 35.9 Å². The molecule has 0 bridgehead atoms. The monoisotopic (exact) mass is 703 g/mol. The summed E-state index contributed by atoms with van der Waals surface area (Å²) in [6.45, 7) is 5.21. The molecule has 0 aliphatic heterocycles. The lowest BCUT2D eigenvalue weighted by molar-refractivity contribution is -0.186. The van der Waals surface area contributed by atoms with Crippen molar-refractivity contribution in [2.24, 2.45) is 0 Å². The number of benzene rings is 1. The fourth-order valence-corrected chi connectivity index (χ4v) is 7.07. The predicted molar refractivity (Wildman–Crippen MR) is 195 cm³/mol. The average molecular weight is 704 g/mol. The Balaban J connectivity index is 0.00000125. The number of hydrogen-bond donors (Lipinski definition) is 2. The summed E-state index contributed by atoms with van der Waals surface area (Å²) in [5.74, 6) is 0.192. The van der Waals surface area contributed by atoms with E-state index in [0.717, 1.165) is 44.1 Å². The SMILES string of the molecule is CCCCCCCCCCCCCCCCC(CO)NS(=O)(=O)CCCCCCCCCC.O=[P+]([O-])OCCOCc1ccccc1. The summed E-state index contributed by atoms with van der Waals surface area (Å²) < 4.78 is 46.8. The van der Waals surface area contributed by atoms with Gasteiger partial charge >= 0.3 is 8.25 Å². The maximum Gasteiger partial charge on any atom is 0.488 e. The molecule has 1 rings (SSSR count). The Kier molecular flexibility index (Phi) is 34.2. The van der Waals surface area contributed by atoms with Gasteiger partial charge < -0.3 is 14.7 Å². The van der Waals surface area contributed by atoms with Gasteiger partial charge in [0, 0.05) is 6.04 Å². The summed E-state index contributed by atoms with van der Waals surface area (Å²) in [7, 11) is -6.02. The van der Waals surface area contributed by atoms with Crippen LogP contribution in [0.4, 0.5) is 0 Å². The Morgan fingerprint density at radius 1 is 0.702 bits per heavy atom. The Labute approximate surface area is 290 Å². The molecule has 0 aliphatic carbocycles. The van der Waals surface area contributed by atoms with E-state index < -0.39 is 18.3 Å². The fourth-order valence-electron chi connectivity index (χ4n) is 5.45. The summed E-state index contributed by atoms with van der Waals surface area (Å²) in [4.78, 5) is 9.99. The van der Waals surface area contributed by atoms with Gasteiger partial charge in [0.2, 0.25) is 10.0 Å². The van der Waals surface area contributed by atoms with Gasteiger partial charge in [-0.05, 0) is 23.0 Å². The van der Waals surface area contributed by atoms with Crippen LogP contribution in [0.2, 0.25) is 0 Å². The summed E-state index contributed by atoms with van der Waals surface area (Å²) in [5.41, 5.74) is 1.05. The smallest absolute Gasteiger partial charge is 0.488 e. The van der Waals surface area contributed by atoms with E-state index in [1.165, 1.54) is 109 Å². The van der Waals surface area contributed by atoms with Gasteiger partial charge in [0.05, 0.1) is 25.6 Å². The van der Waals surface area contributed by atoms with Crippen LogP contribution in [0.3, 0.4) is 0 Å². The van der Waals surface area contributed by atoms with Gasteiger partial charge in [0.15, 0.2) is 0 Å². The van der Waals surface area contributed by atoms with E-state index in [-0.39, 0.29) is 31.6 Å². The van der Waals surface area contributed by atoms with Crippen molar-refractivity contribution in [3.8, 4) is 0 Å². The summed E-state index contributed by atoms with van der Waals surface area (Å²) in [6.07, 6.45) is 28.4. The van der Waals surface area contributed by atoms with Crippen molar-refractivity contribution in [1.29, 1.82) is 0 Å². The lowest BCUT2D eigenvalue weighted by Gasteiger charge is -2.16. The molecule has 0 amide bonds. The third-order valence-corrected chi connectivity index (χ3v) is 10.2. The van der Waals surface area contributed by atoms with Crippen LogP contribution < -0.4 is 9.62 Å². The van der Waals surface area contributed by atoms with Crippen LogP contribution >= 0.6 is 8.25 Å². The normalized spacial score (nSPS) is 12.5. The minimum Gasteiger partial charge on any atom is -0.566 e. The molecule has 0 saturated heterocycles. The highest BCUT2D eigenvalue weighted by Gasteiger charge is 2.16. The Morgan fingerprint density at radius 3 is 1.60 bits per heavy atom. The second-order valence-corrected chi connectivity index (χ2v) is 15.3. The third-order valence-electron chi connectivity index (χ3n) is 8.28. The minimum atomic E-state index is -3.27. The van der Waals surface area contributed by atoms with Crippen LogP contribution in [-0.2, 0) is 30.5 Å². The number of ether oxygens (including phenoxy) is 1. The van der Waals surface area contributed by atoms with Crippen LogP contribution in [-0.4, -0.2) is 45.1 Å². The minimum absolute atomic E-state index is 0.0749. The highest BCUT2D eigenvalue weighted by atomic mass is 32.2. The molecule has 0 fully saturated rings. The summed E-state index contributed by atoms with van der Waals surface area (Å²) in [5, 5.41) is 9.58. The zero-order chi connectivity index (χ0) is 34.7. The zero-order valence-corrected chi connectivity index (χ0v) is 31.7. The molecule has 0 aromatic heterocycles. The molecule has 1 aromatic rings. The lowest BCUT2D eigenvalue weighted by Crippen LogP contribution is -2.38. The molecule has 276 valence electrons. The number of unbranched alkanes of at least 4 members (excludes halogenated alkanes) is 20. The van der Waals surface area contributed by atoms with E-state index in [1.807, 2.05) is 30.3 Å². The van der Waals surface area contributed by atoms with Crippen molar-refractivity contribution in [1.82, 2.24) is 4.72 Å². The summed E-state index contributed by atoms with van der Waals surface area (Å²) >= 11 is 0. The molecular formula is C37H70NO7PS. The molecule has 8 nitrogen and oxygen atoms in total. The van der Waals surface area contributed by atoms with Crippen LogP contribution in [0.15, 0.2) is 30.3 Å². The van der Waals surface area contributed by atoms with E-state index in [2.05, 4.69) is 23.1 Å². The molecule has 47 heavy (non-hydrogen) atoms. The largest absolute Gasteiger partial charge is 0.566 e. The molecule has 1 aromatic carbocycles. The first-order valence-corrected chi connectivity index (χ1v) is 21.6. The van der Waals surface area contributed by atoms with Gasteiger partial charge in [-0.1, -0.05) is 179 Å². The molecule has 0 spiro atoms. The first-order chi connectivity index (χ1) is 22.8. The molecule has 0 aliphatic rings. The second-order valence-electron chi connectivity index (χ2n) is 12.8. The van der Waals surface area contributed by atoms with Crippen molar-refractivity contribution >= 4 is 18.3 Å². The van der Waals surface area contributed by atoms with Crippen LogP contribution in [0, 0.1) is 0 Å². The van der Waals surface area contributed by atoms with Gasteiger partial charge in [0.25, 0.3) is 0 Å². The van der Waals surface area contributed by atoms with E-state index in [0.29, 0.717) is 6.61 Å². The highest BCUT2D eigenvalue weighted by Crippen LogP contribution is 2.15. The van der Waals surface area contributed by atoms with Crippen LogP contribution in [0.1, 0.15) is 167 Å². The molecule has 10 heteroatoms. The van der Waals surface area contributed by atoms with Crippen LogP contribution in [0.25, 0.3) is 0 Å². The number of rotatable bonds is 33. The molecular weight excluding hydrogens is 633 g/mol. The fraction of sp³-hybridized carbons (Fsp3) is 0.838. The third kappa shape index (κ3) is 34.7. The van der Waals surface area contributed by atoms with Gasteiger partial charge in [-0.3, -0.25) is 0 Å². The first kappa shape index (κ1) is 46.1. The van der Waals surface area contributed by atoms with Crippen molar-refractivity contribution < 1.29 is 32.2 Å². The standard InChI is InChI=1S/C28H59NO3S.C9H11O4P/c1-3-5-7-9-11-13-14-15-16-17-18-19-21-23-25-28(27-30)29-33(31,32)26-24-22-20-12-10-8-6-4-2;10-14(11)13-7-6-12-8-9-4-2-1-3-5-9/h28-30H,3-27H2,1-2H3;1-5H,6-8H2. The summed E-state index contributed by atoms with van der Waals surface area (Å²) in [6, 6.07) is 9.33. The Hall–Kier alpha value is -0.930. The van der Waals surface area contributed by atoms with E-state index in [9.17, 15) is 23.0 Å². The number of hydrogen-bond acceptors (Lipinski definition) is 7. The highest BCUT2D eigenvalue weighted by molar-refractivity contribution is 7.89. The Bertz CT molecular complexity index is 905. The second kappa shape index (κ2) is 34.9. The average Bonchev–Trinajstić information content (AvgIpc) is 3.06. The maximum absolute atomic E-state index is 12.3. The van der Waals surface area contributed by atoms with E-state index >= 15 is 0 Å². The molecule has 2 unspecified atom stereocenters. The van der Waals surface area contributed by atoms with E-state index in [4.69, 9.17) is 4.74 Å². The molecule has 0 saturated carbocycles. The number of nitrogens with one attached hydrogen (secondary N) is 1. The first-order valence-electron chi connectivity index (χ1n) is 18.8. The lowest BCUT2D eigenvalue weighted by atomic mass is 10.0. The van der Waals surface area contributed by atoms with Crippen LogP contribution in [0.5, 0.6) is 0 Å². The van der Waals surface area contributed by atoms with Crippen molar-refractivity contribution in [3.63, 3.8) is 0 Å². The van der Waals surface area contributed by atoms with Gasteiger partial charge in [-0.15, -0.1) is 4.52 Å². The predicted octanol–water partition coefficient (Wildman–Crippen LogP) is 9.52. The number of sulfonamides is 1. The Morgan fingerprint density at radius 2 is 1.15 bits per heavy atom. The van der Waals surface area contributed by atoms with Crippen molar-refractivity contribution in [2.75, 3.05) is 25.6 Å². The number of aliphatic hydroxyl groups excluding tert-OH is 1. The quantitative estimate of drug-likeness (QED) is 0.0552. The molecule has 2 atom stereocenters. The maximum atomic E-state index is 12.3. The van der Waals surface area contributed by atoms with Gasteiger partial charge in [-0.2, -0.15) is 0 Å². The number of aliphatic hydroxyl groups is 1. The molecule has 2 N–H and O–H groups in total. The van der Waals surface area contributed by atoms with Gasteiger partial charge in [-0.25, -0.2) is 13.1 Å². The molecule has 0 radical (unpaired) electrons. The van der Waals surface area contributed by atoms with E-state index in [1.54, 1.807) is 0 Å². The van der Waals surface area contributed by atoms with Gasteiger partial charge in [0.1, 0.15) is 6.61 Å². The molecule has 0 heterocycles. The zero-order valence-electron chi connectivity index (χ0n) is 30.0.